The van der Waals surface area contributed by atoms with Gasteiger partial charge >= 0.3 is 0 Å². The monoisotopic (exact) mass is 501 g/mol. The van der Waals surface area contributed by atoms with E-state index in [9.17, 15) is 18.0 Å². The molecule has 0 aromatic heterocycles. The van der Waals surface area contributed by atoms with Gasteiger partial charge in [-0.3, -0.25) is 13.9 Å². The lowest BCUT2D eigenvalue weighted by Crippen LogP contribution is -2.50. The van der Waals surface area contributed by atoms with Crippen LogP contribution < -0.4 is 9.62 Å². The number of nitrogens with one attached hydrogen (secondary N) is 1. The first-order chi connectivity index (χ1) is 16.7. The molecule has 0 bridgehead atoms. The molecule has 35 heavy (non-hydrogen) atoms. The average molecular weight is 502 g/mol. The van der Waals surface area contributed by atoms with Gasteiger partial charge in [-0.05, 0) is 50.3 Å². The van der Waals surface area contributed by atoms with E-state index in [4.69, 9.17) is 0 Å². The fraction of sp³-hybridized carbons (Fsp3) is 0.481. The number of hydrogen-bond donors (Lipinski definition) is 1. The number of sulfonamides is 1. The Labute approximate surface area is 210 Å². The molecule has 0 spiro atoms. The molecule has 0 aliphatic carbocycles. The second-order valence-corrected chi connectivity index (χ2v) is 10.7. The molecule has 0 heterocycles. The van der Waals surface area contributed by atoms with Crippen LogP contribution in [0.4, 0.5) is 5.69 Å². The minimum Gasteiger partial charge on any atom is -0.354 e. The van der Waals surface area contributed by atoms with Crippen molar-refractivity contribution in [2.24, 2.45) is 0 Å². The number of anilines is 1. The highest BCUT2D eigenvalue weighted by atomic mass is 32.2. The average Bonchev–Trinajstić information content (AvgIpc) is 2.83. The van der Waals surface area contributed by atoms with E-state index in [0.29, 0.717) is 38.0 Å². The molecule has 2 amide bonds. The van der Waals surface area contributed by atoms with E-state index in [-0.39, 0.29) is 24.8 Å². The van der Waals surface area contributed by atoms with Crippen LogP contribution in [0.25, 0.3) is 0 Å². The summed E-state index contributed by atoms with van der Waals surface area (Å²) in [5.41, 5.74) is 2.71. The molecule has 0 unspecified atom stereocenters. The molecule has 2 aromatic rings. The van der Waals surface area contributed by atoms with Crippen LogP contribution in [0.2, 0.25) is 0 Å². The first-order valence-corrected chi connectivity index (χ1v) is 14.2. The van der Waals surface area contributed by atoms with Crippen molar-refractivity contribution < 1.29 is 18.0 Å². The maximum absolute atomic E-state index is 13.3. The van der Waals surface area contributed by atoms with E-state index in [1.165, 1.54) is 10.6 Å². The molecule has 8 heteroatoms. The van der Waals surface area contributed by atoms with Crippen molar-refractivity contribution in [3.8, 4) is 0 Å². The highest BCUT2D eigenvalue weighted by Gasteiger charge is 2.28. The van der Waals surface area contributed by atoms with Crippen LogP contribution >= 0.6 is 0 Å². The molecule has 0 saturated heterocycles. The van der Waals surface area contributed by atoms with E-state index in [2.05, 4.69) is 5.32 Å². The summed E-state index contributed by atoms with van der Waals surface area (Å²) in [5, 5.41) is 2.92. The standard InChI is InChI=1S/C27H39N3O4S/c1-5-19-28-27(32)25(6-2)29(21-18-23-11-8-7-9-12-23)26(31)13-10-20-30(35(4,33)34)24-16-14-22(3)15-17-24/h7-9,11-12,14-17,25H,5-6,10,13,18-21H2,1-4H3,(H,28,32)/t25-/m1/s1. The molecular formula is C27H39N3O4S. The lowest BCUT2D eigenvalue weighted by Gasteiger charge is -2.31. The van der Waals surface area contributed by atoms with Crippen LogP contribution in [0.5, 0.6) is 0 Å². The zero-order valence-electron chi connectivity index (χ0n) is 21.4. The van der Waals surface area contributed by atoms with Crippen molar-refractivity contribution in [3.05, 3.63) is 65.7 Å². The van der Waals surface area contributed by atoms with Crippen LogP contribution in [-0.2, 0) is 26.0 Å². The van der Waals surface area contributed by atoms with Crippen molar-refractivity contribution in [1.82, 2.24) is 10.2 Å². The largest absolute Gasteiger partial charge is 0.354 e. The molecule has 7 nitrogen and oxygen atoms in total. The van der Waals surface area contributed by atoms with E-state index in [1.54, 1.807) is 17.0 Å². The van der Waals surface area contributed by atoms with Gasteiger partial charge in [-0.1, -0.05) is 61.9 Å². The number of hydrogen-bond acceptors (Lipinski definition) is 4. The quantitative estimate of drug-likeness (QED) is 0.425. The number of rotatable bonds is 14. The third-order valence-electron chi connectivity index (χ3n) is 5.89. The van der Waals surface area contributed by atoms with Crippen molar-refractivity contribution in [2.75, 3.05) is 30.2 Å². The second-order valence-electron chi connectivity index (χ2n) is 8.81. The van der Waals surface area contributed by atoms with E-state index >= 15 is 0 Å². The van der Waals surface area contributed by atoms with Gasteiger partial charge in [0.2, 0.25) is 21.8 Å². The maximum Gasteiger partial charge on any atom is 0.242 e. The molecule has 1 atom stereocenters. The smallest absolute Gasteiger partial charge is 0.242 e. The Balaban J connectivity index is 2.13. The fourth-order valence-electron chi connectivity index (χ4n) is 3.98. The van der Waals surface area contributed by atoms with E-state index in [1.807, 2.05) is 63.2 Å². The minimum absolute atomic E-state index is 0.142. The number of carbonyl (C=O) groups excluding carboxylic acids is 2. The molecule has 1 N–H and O–H groups in total. The van der Waals surface area contributed by atoms with Crippen molar-refractivity contribution >= 4 is 27.5 Å². The first kappa shape index (κ1) is 28.4. The predicted molar refractivity (Wildman–Crippen MR) is 142 cm³/mol. The van der Waals surface area contributed by atoms with Gasteiger partial charge in [0, 0.05) is 26.1 Å². The summed E-state index contributed by atoms with van der Waals surface area (Å²) in [6.45, 7) is 7.02. The molecule has 2 aromatic carbocycles. The Kier molecular flexibility index (Phi) is 11.2. The SMILES string of the molecule is CCCNC(=O)[C@@H](CC)N(CCc1ccccc1)C(=O)CCCN(c1ccc(C)cc1)S(C)(=O)=O. The fourth-order valence-corrected chi connectivity index (χ4v) is 4.94. The van der Waals surface area contributed by atoms with Crippen LogP contribution in [0.1, 0.15) is 50.7 Å². The van der Waals surface area contributed by atoms with E-state index < -0.39 is 16.1 Å². The summed E-state index contributed by atoms with van der Waals surface area (Å²) >= 11 is 0. The highest BCUT2D eigenvalue weighted by molar-refractivity contribution is 7.92. The number of aryl methyl sites for hydroxylation is 1. The van der Waals surface area contributed by atoms with Gasteiger partial charge in [0.1, 0.15) is 6.04 Å². The predicted octanol–water partition coefficient (Wildman–Crippen LogP) is 3.92. The summed E-state index contributed by atoms with van der Waals surface area (Å²) in [7, 11) is -3.50. The molecule has 0 radical (unpaired) electrons. The zero-order chi connectivity index (χ0) is 25.8. The van der Waals surface area contributed by atoms with Crippen molar-refractivity contribution in [3.63, 3.8) is 0 Å². The van der Waals surface area contributed by atoms with Crippen molar-refractivity contribution in [1.29, 1.82) is 0 Å². The summed E-state index contributed by atoms with van der Waals surface area (Å²) in [6, 6.07) is 16.6. The van der Waals surface area contributed by atoms with Crippen LogP contribution in [0.15, 0.2) is 54.6 Å². The van der Waals surface area contributed by atoms with Crippen LogP contribution in [0.3, 0.4) is 0 Å². The van der Waals surface area contributed by atoms with Gasteiger partial charge in [-0.15, -0.1) is 0 Å². The van der Waals surface area contributed by atoms with Gasteiger partial charge < -0.3 is 10.2 Å². The molecule has 0 aliphatic rings. The molecule has 0 saturated carbocycles. The van der Waals surface area contributed by atoms with Gasteiger partial charge in [0.15, 0.2) is 0 Å². The Hall–Kier alpha value is -2.87. The molecule has 192 valence electrons. The van der Waals surface area contributed by atoms with Gasteiger partial charge in [-0.2, -0.15) is 0 Å². The Morgan fingerprint density at radius 2 is 1.63 bits per heavy atom. The Morgan fingerprint density at radius 3 is 2.20 bits per heavy atom. The van der Waals surface area contributed by atoms with Crippen LogP contribution in [-0.4, -0.2) is 57.1 Å². The normalized spacial score (nSPS) is 12.1. The highest BCUT2D eigenvalue weighted by Crippen LogP contribution is 2.19. The summed E-state index contributed by atoms with van der Waals surface area (Å²) in [6.07, 6.45) is 3.66. The van der Waals surface area contributed by atoms with Gasteiger partial charge in [-0.25, -0.2) is 8.42 Å². The zero-order valence-corrected chi connectivity index (χ0v) is 22.2. The number of carbonyl (C=O) groups is 2. The topological polar surface area (TPSA) is 86.8 Å². The summed E-state index contributed by atoms with van der Waals surface area (Å²) < 4.78 is 26.1. The number of nitrogens with zero attached hydrogens (tertiary/aromatic N) is 2. The Bertz CT molecular complexity index is 1040. The molecule has 2 rings (SSSR count). The minimum atomic E-state index is -3.50. The molecule has 0 aliphatic heterocycles. The number of benzene rings is 2. The lowest BCUT2D eigenvalue weighted by atomic mass is 10.1. The van der Waals surface area contributed by atoms with Crippen molar-refractivity contribution in [2.45, 2.75) is 58.9 Å². The molecule has 0 fully saturated rings. The third-order valence-corrected chi connectivity index (χ3v) is 7.09. The summed E-state index contributed by atoms with van der Waals surface area (Å²) in [4.78, 5) is 27.8. The van der Waals surface area contributed by atoms with Crippen LogP contribution in [0, 0.1) is 6.92 Å². The third kappa shape index (κ3) is 9.02. The Morgan fingerprint density at radius 1 is 0.971 bits per heavy atom. The van der Waals surface area contributed by atoms with E-state index in [0.717, 1.165) is 17.5 Å². The van der Waals surface area contributed by atoms with Gasteiger partial charge in [0.25, 0.3) is 0 Å². The lowest BCUT2D eigenvalue weighted by molar-refractivity contribution is -0.140. The second kappa shape index (κ2) is 13.9. The molecular weight excluding hydrogens is 462 g/mol. The van der Waals surface area contributed by atoms with Gasteiger partial charge in [0.05, 0.1) is 11.9 Å². The first-order valence-electron chi connectivity index (χ1n) is 12.3. The maximum atomic E-state index is 13.3. The summed E-state index contributed by atoms with van der Waals surface area (Å²) in [5.74, 6) is -0.287. The number of amides is 2.